The second-order valence-electron chi connectivity index (χ2n) is 5.26. The maximum absolute atomic E-state index is 4.56. The molecule has 18 heavy (non-hydrogen) atoms. The first-order valence-corrected chi connectivity index (χ1v) is 6.85. The molecular formula is C17H19N. The molecule has 0 radical (unpaired) electrons. The normalized spacial score (nSPS) is 17.7. The van der Waals surface area contributed by atoms with Crippen molar-refractivity contribution in [3.05, 3.63) is 65.0 Å². The number of rotatable bonds is 3. The maximum Gasteiger partial charge on any atom is 0.0466 e. The highest BCUT2D eigenvalue weighted by Crippen LogP contribution is 2.33. The molecule has 92 valence electrons. The molecule has 1 atom stereocenters. The second-order valence-corrected chi connectivity index (χ2v) is 5.26. The van der Waals surface area contributed by atoms with Gasteiger partial charge in [0.05, 0.1) is 0 Å². The van der Waals surface area contributed by atoms with Gasteiger partial charge in [-0.05, 0) is 54.4 Å². The third-order valence-electron chi connectivity index (χ3n) is 4.01. The van der Waals surface area contributed by atoms with Gasteiger partial charge in [0, 0.05) is 11.9 Å². The van der Waals surface area contributed by atoms with E-state index in [1.807, 2.05) is 6.20 Å². The van der Waals surface area contributed by atoms with E-state index in [9.17, 15) is 0 Å². The van der Waals surface area contributed by atoms with Crippen molar-refractivity contribution in [3.8, 4) is 0 Å². The molecule has 1 aromatic heterocycles. The Morgan fingerprint density at radius 3 is 2.78 bits per heavy atom. The molecular weight excluding hydrogens is 218 g/mol. The van der Waals surface area contributed by atoms with Crippen LogP contribution in [0.3, 0.4) is 0 Å². The molecule has 0 aliphatic heterocycles. The Labute approximate surface area is 109 Å². The minimum absolute atomic E-state index is 0.650. The van der Waals surface area contributed by atoms with Gasteiger partial charge in [0.1, 0.15) is 0 Å². The zero-order valence-electron chi connectivity index (χ0n) is 10.9. The smallest absolute Gasteiger partial charge is 0.0466 e. The van der Waals surface area contributed by atoms with E-state index in [0.717, 1.165) is 12.8 Å². The summed E-state index contributed by atoms with van der Waals surface area (Å²) < 4.78 is 0. The van der Waals surface area contributed by atoms with E-state index in [1.165, 1.54) is 35.2 Å². The van der Waals surface area contributed by atoms with Crippen molar-refractivity contribution in [2.45, 2.75) is 38.5 Å². The van der Waals surface area contributed by atoms with Crippen molar-refractivity contribution in [1.29, 1.82) is 0 Å². The van der Waals surface area contributed by atoms with Crippen molar-refractivity contribution < 1.29 is 0 Å². The molecule has 1 aromatic carbocycles. The lowest BCUT2D eigenvalue weighted by atomic mass is 9.99. The fourth-order valence-electron chi connectivity index (χ4n) is 2.92. The average molecular weight is 237 g/mol. The molecule has 3 rings (SSSR count). The van der Waals surface area contributed by atoms with Crippen LogP contribution < -0.4 is 0 Å². The fourth-order valence-corrected chi connectivity index (χ4v) is 2.92. The minimum atomic E-state index is 0.650. The van der Waals surface area contributed by atoms with Gasteiger partial charge in [-0.3, -0.25) is 4.98 Å². The first-order chi connectivity index (χ1) is 8.84. The summed E-state index contributed by atoms with van der Waals surface area (Å²) in [5, 5.41) is 0. The van der Waals surface area contributed by atoms with Crippen molar-refractivity contribution in [1.82, 2.24) is 4.98 Å². The van der Waals surface area contributed by atoms with Gasteiger partial charge < -0.3 is 0 Å². The van der Waals surface area contributed by atoms with Crippen LogP contribution in [0, 0.1) is 0 Å². The van der Waals surface area contributed by atoms with Crippen molar-refractivity contribution in [2.75, 3.05) is 0 Å². The Morgan fingerprint density at radius 1 is 1.11 bits per heavy atom. The largest absolute Gasteiger partial charge is 0.261 e. The van der Waals surface area contributed by atoms with Crippen LogP contribution in [-0.4, -0.2) is 4.98 Å². The van der Waals surface area contributed by atoms with E-state index in [1.54, 1.807) is 0 Å². The molecule has 1 unspecified atom stereocenters. The summed E-state index contributed by atoms with van der Waals surface area (Å²) in [6.45, 7) is 2.29. The zero-order valence-corrected chi connectivity index (χ0v) is 10.9. The summed E-state index contributed by atoms with van der Waals surface area (Å²) in [6, 6.07) is 13.0. The molecule has 1 aliphatic carbocycles. The standard InChI is InChI=1S/C17H19N/c1-13-7-10-16-15(11-12-18-17(13)16)9-8-14-5-3-2-4-6-14/h2-6,11-13H,7-10H2,1H3. The number of aryl methyl sites for hydroxylation is 2. The first-order valence-electron chi connectivity index (χ1n) is 6.85. The SMILES string of the molecule is CC1CCc2c(CCc3ccccc3)ccnc21. The van der Waals surface area contributed by atoms with Crippen LogP contribution in [0.5, 0.6) is 0 Å². The molecule has 1 aliphatic rings. The molecule has 2 aromatic rings. The third kappa shape index (κ3) is 2.17. The van der Waals surface area contributed by atoms with Crippen LogP contribution in [0.1, 0.15) is 41.6 Å². The Bertz CT molecular complexity index is 531. The zero-order chi connectivity index (χ0) is 12.4. The monoisotopic (exact) mass is 237 g/mol. The number of fused-ring (bicyclic) bond motifs is 1. The van der Waals surface area contributed by atoms with E-state index in [-0.39, 0.29) is 0 Å². The lowest BCUT2D eigenvalue weighted by Gasteiger charge is -2.09. The minimum Gasteiger partial charge on any atom is -0.261 e. The lowest BCUT2D eigenvalue weighted by Crippen LogP contribution is -1.99. The van der Waals surface area contributed by atoms with Gasteiger partial charge in [0.2, 0.25) is 0 Å². The highest BCUT2D eigenvalue weighted by Gasteiger charge is 2.21. The molecule has 0 saturated carbocycles. The molecule has 0 N–H and O–H groups in total. The summed E-state index contributed by atoms with van der Waals surface area (Å²) in [6.07, 6.45) is 6.74. The van der Waals surface area contributed by atoms with Crippen LogP contribution in [0.4, 0.5) is 0 Å². The molecule has 1 heterocycles. The van der Waals surface area contributed by atoms with Gasteiger partial charge in [-0.2, -0.15) is 0 Å². The first kappa shape index (κ1) is 11.5. The second kappa shape index (κ2) is 4.93. The maximum atomic E-state index is 4.56. The van der Waals surface area contributed by atoms with Crippen LogP contribution >= 0.6 is 0 Å². The van der Waals surface area contributed by atoms with E-state index < -0.39 is 0 Å². The summed E-state index contributed by atoms with van der Waals surface area (Å²) in [5.74, 6) is 0.650. The Morgan fingerprint density at radius 2 is 1.94 bits per heavy atom. The average Bonchev–Trinajstić information content (AvgIpc) is 2.80. The molecule has 0 bridgehead atoms. The number of nitrogens with zero attached hydrogens (tertiary/aromatic N) is 1. The third-order valence-corrected chi connectivity index (χ3v) is 4.01. The summed E-state index contributed by atoms with van der Waals surface area (Å²) in [4.78, 5) is 4.56. The molecule has 0 spiro atoms. The topological polar surface area (TPSA) is 12.9 Å². The Kier molecular flexibility index (Phi) is 3.14. The number of hydrogen-bond acceptors (Lipinski definition) is 1. The number of hydrogen-bond donors (Lipinski definition) is 0. The molecule has 1 heteroatoms. The van der Waals surface area contributed by atoms with Gasteiger partial charge in [-0.15, -0.1) is 0 Å². The summed E-state index contributed by atoms with van der Waals surface area (Å²) in [5.41, 5.74) is 5.81. The van der Waals surface area contributed by atoms with E-state index in [2.05, 4.69) is 48.3 Å². The quantitative estimate of drug-likeness (QED) is 0.788. The van der Waals surface area contributed by atoms with Gasteiger partial charge >= 0.3 is 0 Å². The van der Waals surface area contributed by atoms with Gasteiger partial charge in [-0.1, -0.05) is 37.3 Å². The molecule has 0 amide bonds. The van der Waals surface area contributed by atoms with Crippen LogP contribution in [-0.2, 0) is 19.3 Å². The Hall–Kier alpha value is -1.63. The molecule has 0 fully saturated rings. The molecule has 1 nitrogen and oxygen atoms in total. The van der Waals surface area contributed by atoms with Gasteiger partial charge in [-0.25, -0.2) is 0 Å². The van der Waals surface area contributed by atoms with E-state index in [4.69, 9.17) is 0 Å². The van der Waals surface area contributed by atoms with E-state index in [0.29, 0.717) is 5.92 Å². The highest BCUT2D eigenvalue weighted by molar-refractivity contribution is 5.36. The lowest BCUT2D eigenvalue weighted by molar-refractivity contribution is 0.731. The van der Waals surface area contributed by atoms with Crippen molar-refractivity contribution >= 4 is 0 Å². The van der Waals surface area contributed by atoms with Gasteiger partial charge in [0.15, 0.2) is 0 Å². The van der Waals surface area contributed by atoms with Crippen LogP contribution in [0.15, 0.2) is 42.6 Å². The predicted octanol–water partition coefficient (Wildman–Crippen LogP) is 3.92. The fraction of sp³-hybridized carbons (Fsp3) is 0.353. The van der Waals surface area contributed by atoms with E-state index >= 15 is 0 Å². The van der Waals surface area contributed by atoms with Gasteiger partial charge in [0.25, 0.3) is 0 Å². The number of pyridine rings is 1. The highest BCUT2D eigenvalue weighted by atomic mass is 14.7. The van der Waals surface area contributed by atoms with Crippen LogP contribution in [0.25, 0.3) is 0 Å². The summed E-state index contributed by atoms with van der Waals surface area (Å²) >= 11 is 0. The predicted molar refractivity (Wildman–Crippen MR) is 74.8 cm³/mol. The number of aromatic nitrogens is 1. The number of benzene rings is 1. The summed E-state index contributed by atoms with van der Waals surface area (Å²) in [7, 11) is 0. The molecule has 0 saturated heterocycles. The Balaban J connectivity index is 1.78. The van der Waals surface area contributed by atoms with Crippen molar-refractivity contribution in [2.24, 2.45) is 0 Å². The van der Waals surface area contributed by atoms with Crippen molar-refractivity contribution in [3.63, 3.8) is 0 Å². The van der Waals surface area contributed by atoms with Crippen LogP contribution in [0.2, 0.25) is 0 Å².